The van der Waals surface area contributed by atoms with Crippen LogP contribution in [0.5, 0.6) is 0 Å². The van der Waals surface area contributed by atoms with E-state index in [1.807, 2.05) is 26.8 Å². The van der Waals surface area contributed by atoms with Gasteiger partial charge in [-0.3, -0.25) is 0 Å². The summed E-state index contributed by atoms with van der Waals surface area (Å²) in [6.07, 6.45) is 7.37. The molecule has 1 aliphatic carbocycles. The van der Waals surface area contributed by atoms with Gasteiger partial charge in [-0.25, -0.2) is 4.79 Å². The molecule has 108 valence electrons. The summed E-state index contributed by atoms with van der Waals surface area (Å²) in [7, 11) is 0. The Kier molecular flexibility index (Phi) is 3.90. The summed E-state index contributed by atoms with van der Waals surface area (Å²) in [5, 5.41) is 9.52. The number of piperidine rings is 1. The Balaban J connectivity index is 1.89. The van der Waals surface area contributed by atoms with E-state index in [1.54, 1.807) is 4.90 Å². The molecule has 1 unspecified atom stereocenters. The zero-order chi connectivity index (χ0) is 14.1. The number of amides is 1. The van der Waals surface area contributed by atoms with Crippen molar-refractivity contribution in [1.29, 1.82) is 0 Å². The van der Waals surface area contributed by atoms with Gasteiger partial charge in [0.05, 0.1) is 6.10 Å². The van der Waals surface area contributed by atoms with Gasteiger partial charge in [0.15, 0.2) is 0 Å². The fourth-order valence-electron chi connectivity index (χ4n) is 2.81. The highest BCUT2D eigenvalue weighted by Crippen LogP contribution is 2.40. The third kappa shape index (κ3) is 3.72. The topological polar surface area (TPSA) is 49.8 Å². The van der Waals surface area contributed by atoms with Crippen molar-refractivity contribution < 1.29 is 14.6 Å². The number of hydrogen-bond acceptors (Lipinski definition) is 3. The van der Waals surface area contributed by atoms with Gasteiger partial charge in [-0.1, -0.05) is 12.2 Å². The molecule has 0 radical (unpaired) electrons. The van der Waals surface area contributed by atoms with E-state index in [1.165, 1.54) is 0 Å². The maximum atomic E-state index is 12.0. The number of allylic oxidation sites excluding steroid dienone is 1. The second-order valence-electron chi connectivity index (χ2n) is 6.79. The van der Waals surface area contributed by atoms with Crippen molar-refractivity contribution in [2.75, 3.05) is 13.1 Å². The van der Waals surface area contributed by atoms with Crippen molar-refractivity contribution in [2.45, 2.75) is 58.2 Å². The highest BCUT2D eigenvalue weighted by atomic mass is 16.6. The summed E-state index contributed by atoms with van der Waals surface area (Å²) >= 11 is 0. The number of likely N-dealkylation sites (tertiary alicyclic amines) is 1. The van der Waals surface area contributed by atoms with E-state index >= 15 is 0 Å². The van der Waals surface area contributed by atoms with Crippen molar-refractivity contribution in [2.24, 2.45) is 5.41 Å². The summed E-state index contributed by atoms with van der Waals surface area (Å²) in [5.74, 6) is 0. The molecular weight excluding hydrogens is 242 g/mol. The standard InChI is InChI=1S/C15H25NO3/c1-14(2,3)19-13(18)16-10-8-15(9-11-16)6-4-12(17)5-7-15/h4,6,12,17H,5,7-11H2,1-3H3. The third-order valence-electron chi connectivity index (χ3n) is 4.02. The highest BCUT2D eigenvalue weighted by Gasteiger charge is 2.36. The van der Waals surface area contributed by atoms with Crippen LogP contribution >= 0.6 is 0 Å². The predicted octanol–water partition coefficient (Wildman–Crippen LogP) is 2.71. The first-order chi connectivity index (χ1) is 8.80. The van der Waals surface area contributed by atoms with E-state index < -0.39 is 5.60 Å². The van der Waals surface area contributed by atoms with E-state index in [2.05, 4.69) is 6.08 Å². The molecule has 0 bridgehead atoms. The predicted molar refractivity (Wildman–Crippen MR) is 73.9 cm³/mol. The number of rotatable bonds is 0. The van der Waals surface area contributed by atoms with Crippen LogP contribution in [0, 0.1) is 5.41 Å². The second-order valence-corrected chi connectivity index (χ2v) is 6.79. The van der Waals surface area contributed by atoms with Gasteiger partial charge in [-0.05, 0) is 51.9 Å². The first kappa shape index (κ1) is 14.4. The zero-order valence-electron chi connectivity index (χ0n) is 12.2. The molecule has 4 nitrogen and oxygen atoms in total. The monoisotopic (exact) mass is 267 g/mol. The molecule has 2 aliphatic rings. The lowest BCUT2D eigenvalue weighted by Gasteiger charge is -2.42. The molecule has 2 rings (SSSR count). The van der Waals surface area contributed by atoms with Gasteiger partial charge in [-0.2, -0.15) is 0 Å². The number of aliphatic hydroxyl groups is 1. The fourth-order valence-corrected chi connectivity index (χ4v) is 2.81. The molecule has 0 saturated carbocycles. The van der Waals surface area contributed by atoms with Gasteiger partial charge < -0.3 is 14.7 Å². The van der Waals surface area contributed by atoms with Gasteiger partial charge in [0.2, 0.25) is 0 Å². The van der Waals surface area contributed by atoms with E-state index in [0.29, 0.717) is 0 Å². The Morgan fingerprint density at radius 1 is 1.32 bits per heavy atom. The van der Waals surface area contributed by atoms with Crippen LogP contribution in [0.2, 0.25) is 0 Å². The van der Waals surface area contributed by atoms with Gasteiger partial charge in [0.25, 0.3) is 0 Å². The maximum absolute atomic E-state index is 12.0. The van der Waals surface area contributed by atoms with E-state index in [-0.39, 0.29) is 17.6 Å². The molecule has 0 aromatic heterocycles. The normalized spacial score (nSPS) is 26.5. The van der Waals surface area contributed by atoms with Crippen LogP contribution in [0.15, 0.2) is 12.2 Å². The van der Waals surface area contributed by atoms with Gasteiger partial charge in [-0.15, -0.1) is 0 Å². The fraction of sp³-hybridized carbons (Fsp3) is 0.800. The van der Waals surface area contributed by atoms with E-state index in [4.69, 9.17) is 4.74 Å². The molecule has 1 fully saturated rings. The second kappa shape index (κ2) is 5.16. The molecule has 1 saturated heterocycles. The van der Waals surface area contributed by atoms with Crippen LogP contribution in [-0.2, 0) is 4.74 Å². The average Bonchev–Trinajstić information content (AvgIpc) is 2.32. The lowest BCUT2D eigenvalue weighted by atomic mass is 9.71. The van der Waals surface area contributed by atoms with Crippen LogP contribution in [0.4, 0.5) is 4.79 Å². The van der Waals surface area contributed by atoms with Crippen molar-refractivity contribution in [3.63, 3.8) is 0 Å². The molecule has 1 amide bonds. The molecule has 1 atom stereocenters. The summed E-state index contributed by atoms with van der Waals surface area (Å²) in [5.41, 5.74) is -0.237. The molecule has 1 spiro atoms. The smallest absolute Gasteiger partial charge is 0.410 e. The van der Waals surface area contributed by atoms with Crippen LogP contribution in [0.3, 0.4) is 0 Å². The molecule has 1 heterocycles. The van der Waals surface area contributed by atoms with Crippen LogP contribution in [0.1, 0.15) is 46.5 Å². The molecule has 4 heteroatoms. The quantitative estimate of drug-likeness (QED) is 0.687. The molecule has 1 N–H and O–H groups in total. The average molecular weight is 267 g/mol. The van der Waals surface area contributed by atoms with Gasteiger partial charge in [0, 0.05) is 13.1 Å². The number of ether oxygens (including phenoxy) is 1. The van der Waals surface area contributed by atoms with Crippen molar-refractivity contribution in [3.05, 3.63) is 12.2 Å². The molecular formula is C15H25NO3. The Morgan fingerprint density at radius 3 is 2.42 bits per heavy atom. The van der Waals surface area contributed by atoms with E-state index in [0.717, 1.165) is 38.8 Å². The van der Waals surface area contributed by atoms with Crippen LogP contribution < -0.4 is 0 Å². The molecule has 0 aromatic carbocycles. The van der Waals surface area contributed by atoms with Gasteiger partial charge >= 0.3 is 6.09 Å². The van der Waals surface area contributed by atoms with Gasteiger partial charge in [0.1, 0.15) is 5.60 Å². The summed E-state index contributed by atoms with van der Waals surface area (Å²) in [6, 6.07) is 0. The minimum absolute atomic E-state index is 0.192. The summed E-state index contributed by atoms with van der Waals surface area (Å²) < 4.78 is 5.40. The van der Waals surface area contributed by atoms with Crippen LogP contribution in [0.25, 0.3) is 0 Å². The summed E-state index contributed by atoms with van der Waals surface area (Å²) in [4.78, 5) is 13.8. The SMILES string of the molecule is CC(C)(C)OC(=O)N1CCC2(C=CC(O)CC2)CC1. The van der Waals surface area contributed by atoms with Crippen molar-refractivity contribution in [1.82, 2.24) is 4.90 Å². The number of aliphatic hydroxyl groups excluding tert-OH is 1. The number of hydrogen-bond donors (Lipinski definition) is 1. The number of carbonyl (C=O) groups excluding carboxylic acids is 1. The number of carbonyl (C=O) groups is 1. The molecule has 1 aliphatic heterocycles. The van der Waals surface area contributed by atoms with E-state index in [9.17, 15) is 9.90 Å². The largest absolute Gasteiger partial charge is 0.444 e. The molecule has 19 heavy (non-hydrogen) atoms. The van der Waals surface area contributed by atoms with Crippen molar-refractivity contribution in [3.8, 4) is 0 Å². The first-order valence-electron chi connectivity index (χ1n) is 7.15. The Morgan fingerprint density at radius 2 is 1.95 bits per heavy atom. The maximum Gasteiger partial charge on any atom is 0.410 e. The lowest BCUT2D eigenvalue weighted by Crippen LogP contribution is -2.45. The minimum atomic E-state index is -0.429. The zero-order valence-corrected chi connectivity index (χ0v) is 12.2. The highest BCUT2D eigenvalue weighted by molar-refractivity contribution is 5.68. The number of nitrogens with zero attached hydrogens (tertiary/aromatic N) is 1. The summed E-state index contributed by atoms with van der Waals surface area (Å²) in [6.45, 7) is 7.16. The Hall–Kier alpha value is -1.03. The Bertz CT molecular complexity index is 362. The van der Waals surface area contributed by atoms with Crippen LogP contribution in [-0.4, -0.2) is 40.9 Å². The minimum Gasteiger partial charge on any atom is -0.444 e. The lowest BCUT2D eigenvalue weighted by molar-refractivity contribution is 0.0118. The third-order valence-corrected chi connectivity index (χ3v) is 4.02. The Labute approximate surface area is 115 Å². The molecule has 0 aromatic rings. The first-order valence-corrected chi connectivity index (χ1v) is 7.15. The van der Waals surface area contributed by atoms with Crippen molar-refractivity contribution >= 4 is 6.09 Å².